The molecule has 1 aliphatic heterocycles. The summed E-state index contributed by atoms with van der Waals surface area (Å²) in [5.74, 6) is 0.516. The molecule has 1 aliphatic rings. The summed E-state index contributed by atoms with van der Waals surface area (Å²) in [7, 11) is 3.19. The molecule has 1 aromatic heterocycles. The van der Waals surface area contributed by atoms with Crippen molar-refractivity contribution in [2.45, 2.75) is 0 Å². The van der Waals surface area contributed by atoms with Gasteiger partial charge in [-0.2, -0.15) is 5.12 Å². The van der Waals surface area contributed by atoms with Crippen LogP contribution in [0.5, 0.6) is 11.5 Å². The largest absolute Gasteiger partial charge is 0.487 e. The molecule has 0 spiro atoms. The predicted molar refractivity (Wildman–Crippen MR) is 124 cm³/mol. The number of carbonyl (C=O) groups excluding carboxylic acids is 1. The van der Waals surface area contributed by atoms with Crippen LogP contribution in [-0.4, -0.2) is 61.6 Å². The van der Waals surface area contributed by atoms with Gasteiger partial charge in [0.15, 0.2) is 11.5 Å². The van der Waals surface area contributed by atoms with Crippen molar-refractivity contribution in [1.82, 2.24) is 31.5 Å². The molecule has 0 fully saturated rings. The molecule has 0 radical (unpaired) electrons. The molecule has 11 heteroatoms. The van der Waals surface area contributed by atoms with Crippen molar-refractivity contribution < 1.29 is 23.7 Å². The Balaban J connectivity index is 1.60. The van der Waals surface area contributed by atoms with Crippen molar-refractivity contribution in [1.29, 1.82) is 0 Å². The normalized spacial score (nSPS) is 12.9. The number of nitrogens with zero attached hydrogens (tertiary/aromatic N) is 3. The van der Waals surface area contributed by atoms with E-state index in [9.17, 15) is 4.79 Å². The van der Waals surface area contributed by atoms with Gasteiger partial charge in [0.05, 0.1) is 18.7 Å². The standard InChI is InChI=1S/C23H26N6O5/c1-31-8-10-33-20-12-17-18(13-21(20)34-11-9-32-2)24-15-25-22(17)23(30)27-29-19(14-26-28-29)16-6-4-3-5-7-16/h3-7,12-15,26,28H,8-11H2,1-2H3,(H,27,30). The highest BCUT2D eigenvalue weighted by Crippen LogP contribution is 2.33. The minimum atomic E-state index is -0.429. The summed E-state index contributed by atoms with van der Waals surface area (Å²) in [6.07, 6.45) is 3.09. The predicted octanol–water partition coefficient (Wildman–Crippen LogP) is 1.65. The molecule has 11 nitrogen and oxygen atoms in total. The van der Waals surface area contributed by atoms with E-state index in [1.807, 2.05) is 30.3 Å². The molecule has 0 saturated carbocycles. The number of fused-ring (bicyclic) bond motifs is 1. The average molecular weight is 466 g/mol. The van der Waals surface area contributed by atoms with Gasteiger partial charge < -0.3 is 24.4 Å². The van der Waals surface area contributed by atoms with E-state index in [1.165, 1.54) is 11.4 Å². The second-order valence-corrected chi connectivity index (χ2v) is 7.15. The van der Waals surface area contributed by atoms with E-state index in [4.69, 9.17) is 18.9 Å². The van der Waals surface area contributed by atoms with E-state index in [0.29, 0.717) is 48.8 Å². The lowest BCUT2D eigenvalue weighted by Gasteiger charge is -2.22. The van der Waals surface area contributed by atoms with Crippen LogP contribution in [0.3, 0.4) is 0 Å². The third-order valence-corrected chi connectivity index (χ3v) is 4.91. The lowest BCUT2D eigenvalue weighted by Crippen LogP contribution is -2.49. The smallest absolute Gasteiger partial charge is 0.290 e. The van der Waals surface area contributed by atoms with Crippen molar-refractivity contribution in [2.24, 2.45) is 0 Å². The van der Waals surface area contributed by atoms with Gasteiger partial charge in [-0.05, 0) is 6.07 Å². The number of amides is 1. The molecule has 3 N–H and O–H groups in total. The van der Waals surface area contributed by atoms with Crippen molar-refractivity contribution >= 4 is 22.5 Å². The Labute approximate surface area is 196 Å². The highest BCUT2D eigenvalue weighted by molar-refractivity contribution is 6.05. The fourth-order valence-electron chi connectivity index (χ4n) is 3.29. The maximum absolute atomic E-state index is 13.2. The van der Waals surface area contributed by atoms with Crippen molar-refractivity contribution in [3.05, 3.63) is 66.2 Å². The summed E-state index contributed by atoms with van der Waals surface area (Å²) in [6, 6.07) is 13.1. The summed E-state index contributed by atoms with van der Waals surface area (Å²) in [4.78, 5) is 21.8. The van der Waals surface area contributed by atoms with Crippen LogP contribution in [-0.2, 0) is 9.47 Å². The fraction of sp³-hybridized carbons (Fsp3) is 0.261. The van der Waals surface area contributed by atoms with Gasteiger partial charge in [-0.1, -0.05) is 30.3 Å². The molecule has 34 heavy (non-hydrogen) atoms. The zero-order valence-corrected chi connectivity index (χ0v) is 18.9. The van der Waals surface area contributed by atoms with Gasteiger partial charge in [0.2, 0.25) is 0 Å². The van der Waals surface area contributed by atoms with Crippen molar-refractivity contribution in [3.8, 4) is 11.5 Å². The van der Waals surface area contributed by atoms with Gasteiger partial charge >= 0.3 is 0 Å². The maximum atomic E-state index is 13.2. The minimum absolute atomic E-state index is 0.186. The maximum Gasteiger partial charge on any atom is 0.290 e. The first-order valence-electron chi connectivity index (χ1n) is 10.6. The third-order valence-electron chi connectivity index (χ3n) is 4.91. The van der Waals surface area contributed by atoms with Gasteiger partial charge in [-0.25, -0.2) is 15.4 Å². The molecule has 2 aromatic carbocycles. The molecular weight excluding hydrogens is 440 g/mol. The Morgan fingerprint density at radius 1 is 0.971 bits per heavy atom. The number of benzene rings is 2. The van der Waals surface area contributed by atoms with E-state index >= 15 is 0 Å². The molecule has 178 valence electrons. The van der Waals surface area contributed by atoms with Crippen LogP contribution in [0, 0.1) is 0 Å². The van der Waals surface area contributed by atoms with Gasteiger partial charge in [-0.15, -0.1) is 5.53 Å². The number of nitrogens with one attached hydrogen (secondary N) is 3. The molecule has 0 aliphatic carbocycles. The highest BCUT2D eigenvalue weighted by atomic mass is 16.5. The summed E-state index contributed by atoms with van der Waals surface area (Å²) in [5, 5.41) is 2.01. The van der Waals surface area contributed by atoms with E-state index < -0.39 is 5.91 Å². The average Bonchev–Trinajstić information content (AvgIpc) is 3.32. The molecule has 4 rings (SSSR count). The summed E-state index contributed by atoms with van der Waals surface area (Å²) in [6.45, 7) is 1.47. The number of aromatic nitrogens is 2. The van der Waals surface area contributed by atoms with Crippen LogP contribution in [0.15, 0.2) is 55.0 Å². The number of ether oxygens (including phenoxy) is 4. The molecule has 1 amide bonds. The zero-order chi connectivity index (χ0) is 23.8. The van der Waals surface area contributed by atoms with E-state index in [1.54, 1.807) is 32.6 Å². The molecule has 3 aromatic rings. The fourth-order valence-corrected chi connectivity index (χ4v) is 3.29. The SMILES string of the molecule is COCCOc1cc2ncnc(C(=O)NN3NNC=C3c3ccccc3)c2cc1OCCOC. The second kappa shape index (κ2) is 11.3. The van der Waals surface area contributed by atoms with Gasteiger partial charge in [0.25, 0.3) is 5.91 Å². The number of carbonyl (C=O) groups is 1. The quantitative estimate of drug-likeness (QED) is 0.360. The number of hydrogen-bond donors (Lipinski definition) is 3. The highest BCUT2D eigenvalue weighted by Gasteiger charge is 2.22. The van der Waals surface area contributed by atoms with Crippen LogP contribution >= 0.6 is 0 Å². The Kier molecular flexibility index (Phi) is 7.71. The molecular formula is C23H26N6O5. The second-order valence-electron chi connectivity index (χ2n) is 7.15. The van der Waals surface area contributed by atoms with Gasteiger partial charge in [-0.3, -0.25) is 4.79 Å². The molecule has 0 saturated heterocycles. The first kappa shape index (κ1) is 23.2. The van der Waals surface area contributed by atoms with E-state index in [-0.39, 0.29) is 5.69 Å². The van der Waals surface area contributed by atoms with Crippen molar-refractivity contribution in [3.63, 3.8) is 0 Å². The van der Waals surface area contributed by atoms with E-state index in [2.05, 4.69) is 26.4 Å². The minimum Gasteiger partial charge on any atom is -0.487 e. The van der Waals surface area contributed by atoms with Crippen LogP contribution in [0.1, 0.15) is 16.1 Å². The summed E-state index contributed by atoms with van der Waals surface area (Å²) >= 11 is 0. The number of hydrogen-bond acceptors (Lipinski definition) is 10. The zero-order valence-electron chi connectivity index (χ0n) is 18.9. The number of hydrazine groups is 3. The van der Waals surface area contributed by atoms with Crippen LogP contribution in [0.2, 0.25) is 0 Å². The number of methoxy groups -OCH3 is 2. The Hall–Kier alpha value is -3.93. The third kappa shape index (κ3) is 5.34. The Morgan fingerprint density at radius 2 is 1.68 bits per heavy atom. The molecule has 0 unspecified atom stereocenters. The Bertz CT molecular complexity index is 1160. The first-order chi connectivity index (χ1) is 16.7. The number of rotatable bonds is 11. The molecule has 0 bridgehead atoms. The lowest BCUT2D eigenvalue weighted by atomic mass is 10.1. The lowest BCUT2D eigenvalue weighted by molar-refractivity contribution is 0.0804. The van der Waals surface area contributed by atoms with Crippen LogP contribution in [0.4, 0.5) is 0 Å². The Morgan fingerprint density at radius 3 is 2.38 bits per heavy atom. The summed E-state index contributed by atoms with van der Waals surface area (Å²) < 4.78 is 21.8. The molecule has 0 atom stereocenters. The van der Waals surface area contributed by atoms with Crippen LogP contribution in [0.25, 0.3) is 16.6 Å². The molecule has 2 heterocycles. The van der Waals surface area contributed by atoms with E-state index in [0.717, 1.165) is 11.3 Å². The van der Waals surface area contributed by atoms with Gasteiger partial charge in [0, 0.05) is 37.4 Å². The summed E-state index contributed by atoms with van der Waals surface area (Å²) in [5.41, 5.74) is 11.0. The first-order valence-corrected chi connectivity index (χ1v) is 10.6. The van der Waals surface area contributed by atoms with Gasteiger partial charge in [0.1, 0.15) is 30.9 Å². The topological polar surface area (TPSA) is 119 Å². The van der Waals surface area contributed by atoms with Crippen molar-refractivity contribution in [2.75, 3.05) is 40.6 Å². The monoisotopic (exact) mass is 466 g/mol. The van der Waals surface area contributed by atoms with Crippen LogP contribution < -0.4 is 25.9 Å².